The maximum absolute atomic E-state index is 13.7. The zero-order chi connectivity index (χ0) is 12.6. The summed E-state index contributed by atoms with van der Waals surface area (Å²) in [5.41, 5.74) is -0.995. The van der Waals surface area contributed by atoms with Gasteiger partial charge in [0.1, 0.15) is 0 Å². The maximum Gasteiger partial charge on any atom is 0.165 e. The smallest absolute Gasteiger partial charge is 0.165 e. The zero-order valence-corrected chi connectivity index (χ0v) is 9.96. The molecule has 0 aromatic heterocycles. The first-order valence-electron chi connectivity index (χ1n) is 5.77. The summed E-state index contributed by atoms with van der Waals surface area (Å²) in [4.78, 5) is 0. The highest BCUT2D eigenvalue weighted by Gasteiger charge is 2.46. The van der Waals surface area contributed by atoms with Crippen molar-refractivity contribution in [2.24, 2.45) is 0 Å². The van der Waals surface area contributed by atoms with Crippen LogP contribution in [-0.4, -0.2) is 17.8 Å². The second kappa shape index (κ2) is 4.35. The monoisotopic (exact) mass is 242 g/mol. The van der Waals surface area contributed by atoms with Gasteiger partial charge in [0, 0.05) is 25.0 Å². The van der Waals surface area contributed by atoms with Crippen molar-refractivity contribution in [3.05, 3.63) is 34.9 Å². The van der Waals surface area contributed by atoms with E-state index in [9.17, 15) is 13.9 Å². The Kier molecular flexibility index (Phi) is 3.19. The number of ether oxygens (including phenoxy) is 1. The summed E-state index contributed by atoms with van der Waals surface area (Å²) in [7, 11) is 0. The minimum absolute atomic E-state index is 0.0385. The van der Waals surface area contributed by atoms with E-state index in [-0.39, 0.29) is 17.2 Å². The van der Waals surface area contributed by atoms with Crippen LogP contribution in [0.1, 0.15) is 30.9 Å². The molecule has 17 heavy (non-hydrogen) atoms. The van der Waals surface area contributed by atoms with E-state index in [4.69, 9.17) is 4.74 Å². The highest BCUT2D eigenvalue weighted by Crippen LogP contribution is 2.44. The van der Waals surface area contributed by atoms with E-state index in [1.807, 2.05) is 6.92 Å². The average Bonchev–Trinajstić information content (AvgIpc) is 2.24. The van der Waals surface area contributed by atoms with Crippen molar-refractivity contribution in [2.45, 2.75) is 38.4 Å². The summed E-state index contributed by atoms with van der Waals surface area (Å²) in [5.74, 6) is -1.82. The molecular weight excluding hydrogens is 226 g/mol. The first-order chi connectivity index (χ1) is 7.98. The number of hydrogen-bond donors (Lipinski definition) is 1. The lowest BCUT2D eigenvalue weighted by Crippen LogP contribution is -2.46. The Morgan fingerprint density at radius 3 is 2.59 bits per heavy atom. The van der Waals surface area contributed by atoms with Gasteiger partial charge in [-0.25, -0.2) is 8.78 Å². The zero-order valence-electron chi connectivity index (χ0n) is 9.96. The van der Waals surface area contributed by atoms with Crippen molar-refractivity contribution < 1.29 is 18.6 Å². The van der Waals surface area contributed by atoms with E-state index in [2.05, 4.69) is 0 Å². The van der Waals surface area contributed by atoms with Crippen LogP contribution in [0, 0.1) is 18.6 Å². The summed E-state index contributed by atoms with van der Waals surface area (Å²) < 4.78 is 32.4. The van der Waals surface area contributed by atoms with Crippen LogP contribution in [0.25, 0.3) is 0 Å². The second-order valence-electron chi connectivity index (χ2n) is 4.58. The number of benzene rings is 1. The second-order valence-corrected chi connectivity index (χ2v) is 4.58. The van der Waals surface area contributed by atoms with Gasteiger partial charge in [-0.15, -0.1) is 0 Å². The highest BCUT2D eigenvalue weighted by atomic mass is 19.2. The number of rotatable bonds is 3. The van der Waals surface area contributed by atoms with Gasteiger partial charge in [-0.2, -0.15) is 0 Å². The number of hydrogen-bond acceptors (Lipinski definition) is 2. The molecule has 94 valence electrons. The molecule has 0 heterocycles. The van der Waals surface area contributed by atoms with Crippen molar-refractivity contribution >= 4 is 0 Å². The first-order valence-corrected chi connectivity index (χ1v) is 5.77. The molecule has 2 nitrogen and oxygen atoms in total. The number of aliphatic hydroxyl groups is 1. The lowest BCUT2D eigenvalue weighted by molar-refractivity contribution is -0.144. The third-order valence-corrected chi connectivity index (χ3v) is 3.31. The minimum Gasteiger partial charge on any atom is -0.385 e. The molecule has 1 aromatic rings. The van der Waals surface area contributed by atoms with Crippen molar-refractivity contribution in [2.75, 3.05) is 6.61 Å². The topological polar surface area (TPSA) is 29.5 Å². The summed E-state index contributed by atoms with van der Waals surface area (Å²) in [6.07, 6.45) is 0.578. The lowest BCUT2D eigenvalue weighted by atomic mass is 9.72. The molecule has 1 aliphatic rings. The van der Waals surface area contributed by atoms with Gasteiger partial charge < -0.3 is 9.84 Å². The van der Waals surface area contributed by atoms with Crippen LogP contribution in [0.2, 0.25) is 0 Å². The maximum atomic E-state index is 13.7. The van der Waals surface area contributed by atoms with E-state index in [1.165, 1.54) is 19.1 Å². The quantitative estimate of drug-likeness (QED) is 0.883. The third-order valence-electron chi connectivity index (χ3n) is 3.31. The number of halogens is 2. The molecule has 0 amide bonds. The van der Waals surface area contributed by atoms with E-state index in [0.717, 1.165) is 0 Å². The molecule has 1 fully saturated rings. The van der Waals surface area contributed by atoms with Gasteiger partial charge in [-0.1, -0.05) is 12.1 Å². The molecule has 1 aromatic carbocycles. The Labute approximate surface area is 99.2 Å². The van der Waals surface area contributed by atoms with Gasteiger partial charge >= 0.3 is 0 Å². The molecule has 1 aliphatic carbocycles. The molecule has 0 bridgehead atoms. The molecule has 1 N–H and O–H groups in total. The molecule has 0 radical (unpaired) electrons. The van der Waals surface area contributed by atoms with Gasteiger partial charge in [0.2, 0.25) is 0 Å². The Morgan fingerprint density at radius 1 is 1.35 bits per heavy atom. The lowest BCUT2D eigenvalue weighted by Gasteiger charge is -2.43. The molecule has 0 atom stereocenters. The van der Waals surface area contributed by atoms with E-state index in [0.29, 0.717) is 19.4 Å². The molecule has 1 saturated carbocycles. The van der Waals surface area contributed by atoms with E-state index < -0.39 is 17.2 Å². The van der Waals surface area contributed by atoms with Crippen molar-refractivity contribution in [1.29, 1.82) is 0 Å². The predicted octanol–water partition coefficient (Wildman–Crippen LogP) is 2.66. The van der Waals surface area contributed by atoms with E-state index >= 15 is 0 Å². The fraction of sp³-hybridized carbons (Fsp3) is 0.538. The van der Waals surface area contributed by atoms with Gasteiger partial charge in [-0.3, -0.25) is 0 Å². The first kappa shape index (κ1) is 12.5. The van der Waals surface area contributed by atoms with Gasteiger partial charge in [-0.05, 0) is 19.4 Å². The molecular formula is C13H16F2O2. The standard InChI is InChI=1S/C13H16F2O2/c1-3-17-9-6-13(16,7-9)10-5-4-8(2)11(14)12(10)15/h4-5,9,16H,3,6-7H2,1-2H3. The minimum atomic E-state index is -1.28. The molecule has 0 aliphatic heterocycles. The molecule has 2 rings (SSSR count). The fourth-order valence-corrected chi connectivity index (χ4v) is 2.27. The van der Waals surface area contributed by atoms with E-state index in [1.54, 1.807) is 0 Å². The Hall–Kier alpha value is -1.00. The summed E-state index contributed by atoms with van der Waals surface area (Å²) in [6.45, 7) is 3.92. The number of aryl methyl sites for hydroxylation is 1. The third kappa shape index (κ3) is 2.07. The molecule has 0 saturated heterocycles. The van der Waals surface area contributed by atoms with Crippen molar-refractivity contribution in [3.63, 3.8) is 0 Å². The van der Waals surface area contributed by atoms with Crippen LogP contribution in [0.15, 0.2) is 12.1 Å². The van der Waals surface area contributed by atoms with Gasteiger partial charge in [0.15, 0.2) is 11.6 Å². The summed E-state index contributed by atoms with van der Waals surface area (Å²) >= 11 is 0. The largest absolute Gasteiger partial charge is 0.385 e. The van der Waals surface area contributed by atoms with Gasteiger partial charge in [0.25, 0.3) is 0 Å². The SMILES string of the molecule is CCOC1CC(O)(c2ccc(C)c(F)c2F)C1. The summed E-state index contributed by atoms with van der Waals surface area (Å²) in [6, 6.07) is 2.94. The van der Waals surface area contributed by atoms with Crippen LogP contribution in [0.5, 0.6) is 0 Å². The Morgan fingerprint density at radius 2 is 2.00 bits per heavy atom. The highest BCUT2D eigenvalue weighted by molar-refractivity contribution is 5.32. The predicted molar refractivity (Wildman–Crippen MR) is 59.6 cm³/mol. The molecule has 4 heteroatoms. The van der Waals surface area contributed by atoms with Crippen LogP contribution in [0.3, 0.4) is 0 Å². The fourth-order valence-electron chi connectivity index (χ4n) is 2.27. The van der Waals surface area contributed by atoms with Crippen LogP contribution in [0.4, 0.5) is 8.78 Å². The Balaban J connectivity index is 2.22. The van der Waals surface area contributed by atoms with Crippen molar-refractivity contribution in [3.8, 4) is 0 Å². The molecule has 0 spiro atoms. The van der Waals surface area contributed by atoms with Crippen LogP contribution < -0.4 is 0 Å². The van der Waals surface area contributed by atoms with Gasteiger partial charge in [0.05, 0.1) is 11.7 Å². The summed E-state index contributed by atoms with van der Waals surface area (Å²) in [5, 5.41) is 10.2. The Bertz CT molecular complexity index is 426. The van der Waals surface area contributed by atoms with Crippen molar-refractivity contribution in [1.82, 2.24) is 0 Å². The van der Waals surface area contributed by atoms with Crippen LogP contribution >= 0.6 is 0 Å². The van der Waals surface area contributed by atoms with Crippen LogP contribution in [-0.2, 0) is 10.3 Å². The normalized spacial score (nSPS) is 27.9. The molecule has 0 unspecified atom stereocenters. The average molecular weight is 242 g/mol.